The van der Waals surface area contributed by atoms with Crippen LogP contribution in [-0.4, -0.2) is 11.5 Å². The van der Waals surface area contributed by atoms with Crippen LogP contribution in [0.4, 0.5) is 0 Å². The van der Waals surface area contributed by atoms with E-state index in [0.717, 1.165) is 16.8 Å². The Kier molecular flexibility index (Phi) is 2.27. The number of rotatable bonds is 2. The molecule has 0 fully saturated rings. The van der Waals surface area contributed by atoms with Crippen molar-refractivity contribution in [1.29, 1.82) is 0 Å². The van der Waals surface area contributed by atoms with E-state index in [9.17, 15) is 0 Å². The number of aromatic amines is 1. The highest BCUT2D eigenvalue weighted by atomic mass is 14.8. The monoisotopic (exact) mass is 189 g/mol. The van der Waals surface area contributed by atoms with Gasteiger partial charge in [0.05, 0.1) is 0 Å². The molecule has 5 N–H and O–H groups in total. The Morgan fingerprint density at radius 2 is 2.07 bits per heavy atom. The van der Waals surface area contributed by atoms with Gasteiger partial charge in [-0.25, -0.2) is 0 Å². The number of hydrogen-bond acceptors (Lipinski definition) is 2. The first-order valence-electron chi connectivity index (χ1n) is 4.77. The Balaban J connectivity index is 2.67. The summed E-state index contributed by atoms with van der Waals surface area (Å²) < 4.78 is 0. The van der Waals surface area contributed by atoms with Crippen molar-refractivity contribution in [3.8, 4) is 0 Å². The van der Waals surface area contributed by atoms with Crippen LogP contribution >= 0.6 is 0 Å². The smallest absolute Gasteiger partial charge is 0.0459 e. The Labute approximate surface area is 83.1 Å². The van der Waals surface area contributed by atoms with Gasteiger partial charge >= 0.3 is 0 Å². The maximum absolute atomic E-state index is 5.96. The summed E-state index contributed by atoms with van der Waals surface area (Å²) in [7, 11) is 0. The summed E-state index contributed by atoms with van der Waals surface area (Å²) >= 11 is 0. The van der Waals surface area contributed by atoms with Gasteiger partial charge < -0.3 is 16.5 Å². The van der Waals surface area contributed by atoms with E-state index in [-0.39, 0.29) is 6.04 Å². The Hall–Kier alpha value is -1.32. The molecular formula is C11H15N3. The van der Waals surface area contributed by atoms with Crippen molar-refractivity contribution < 1.29 is 0 Å². The average molecular weight is 189 g/mol. The van der Waals surface area contributed by atoms with Crippen molar-refractivity contribution >= 4 is 10.9 Å². The normalized spacial score (nSPS) is 13.4. The molecule has 2 rings (SSSR count). The third-order valence-electron chi connectivity index (χ3n) is 2.57. The molecule has 2 aromatic rings. The molecule has 3 nitrogen and oxygen atoms in total. The molecule has 0 saturated heterocycles. The lowest BCUT2D eigenvalue weighted by Gasteiger charge is -2.08. The summed E-state index contributed by atoms with van der Waals surface area (Å²) in [5.41, 5.74) is 14.9. The van der Waals surface area contributed by atoms with Crippen LogP contribution in [-0.2, 0) is 0 Å². The maximum Gasteiger partial charge on any atom is 0.0459 e. The summed E-state index contributed by atoms with van der Waals surface area (Å²) in [6, 6.07) is 8.07. The molecule has 1 heterocycles. The predicted molar refractivity (Wildman–Crippen MR) is 59.0 cm³/mol. The van der Waals surface area contributed by atoms with Crippen LogP contribution in [0.1, 0.15) is 17.3 Å². The SMILES string of the molecule is Cc1[nH]c2ccccc2c1C(N)CN. The van der Waals surface area contributed by atoms with Crippen LogP contribution in [0, 0.1) is 6.92 Å². The molecule has 1 unspecified atom stereocenters. The van der Waals surface area contributed by atoms with Crippen LogP contribution in [0.5, 0.6) is 0 Å². The number of H-pyrrole nitrogens is 1. The minimum Gasteiger partial charge on any atom is -0.358 e. The standard InChI is InChI=1S/C11H15N3/c1-7-11(9(13)6-12)8-4-2-3-5-10(8)14-7/h2-5,9,14H,6,12-13H2,1H3. The number of benzene rings is 1. The van der Waals surface area contributed by atoms with Crippen LogP contribution in [0.15, 0.2) is 24.3 Å². The molecule has 0 bridgehead atoms. The minimum absolute atomic E-state index is 0.0776. The molecule has 0 aliphatic rings. The van der Waals surface area contributed by atoms with Gasteiger partial charge in [0.1, 0.15) is 0 Å². The van der Waals surface area contributed by atoms with E-state index in [1.54, 1.807) is 0 Å². The molecule has 1 aromatic heterocycles. The van der Waals surface area contributed by atoms with Gasteiger partial charge in [0.25, 0.3) is 0 Å². The summed E-state index contributed by atoms with van der Waals surface area (Å²) in [4.78, 5) is 3.31. The Morgan fingerprint density at radius 1 is 1.36 bits per heavy atom. The number of nitrogens with two attached hydrogens (primary N) is 2. The van der Waals surface area contributed by atoms with Crippen molar-refractivity contribution in [1.82, 2.24) is 4.98 Å². The molecule has 3 heteroatoms. The van der Waals surface area contributed by atoms with Crippen molar-refractivity contribution in [3.63, 3.8) is 0 Å². The number of aryl methyl sites for hydroxylation is 1. The largest absolute Gasteiger partial charge is 0.358 e. The topological polar surface area (TPSA) is 67.8 Å². The van der Waals surface area contributed by atoms with E-state index in [4.69, 9.17) is 11.5 Å². The average Bonchev–Trinajstić information content (AvgIpc) is 2.53. The summed E-state index contributed by atoms with van der Waals surface area (Å²) in [5, 5.41) is 1.18. The van der Waals surface area contributed by atoms with Gasteiger partial charge in [0.2, 0.25) is 0 Å². The van der Waals surface area contributed by atoms with E-state index < -0.39 is 0 Å². The first kappa shape index (κ1) is 9.24. The van der Waals surface area contributed by atoms with Crippen LogP contribution in [0.3, 0.4) is 0 Å². The van der Waals surface area contributed by atoms with Gasteiger partial charge in [-0.15, -0.1) is 0 Å². The summed E-state index contributed by atoms with van der Waals surface area (Å²) in [6.45, 7) is 2.51. The number of nitrogens with one attached hydrogen (secondary N) is 1. The molecule has 1 atom stereocenters. The van der Waals surface area contributed by atoms with Crippen molar-refractivity contribution in [3.05, 3.63) is 35.5 Å². The van der Waals surface area contributed by atoms with Crippen molar-refractivity contribution in [2.75, 3.05) is 6.54 Å². The summed E-state index contributed by atoms with van der Waals surface area (Å²) in [5.74, 6) is 0. The fourth-order valence-electron chi connectivity index (χ4n) is 1.89. The molecule has 14 heavy (non-hydrogen) atoms. The van der Waals surface area contributed by atoms with Crippen molar-refractivity contribution in [2.24, 2.45) is 11.5 Å². The highest BCUT2D eigenvalue weighted by Crippen LogP contribution is 2.25. The van der Waals surface area contributed by atoms with Crippen LogP contribution < -0.4 is 11.5 Å². The minimum atomic E-state index is -0.0776. The van der Waals surface area contributed by atoms with E-state index in [1.165, 1.54) is 5.39 Å². The lowest BCUT2D eigenvalue weighted by atomic mass is 10.0. The fourth-order valence-corrected chi connectivity index (χ4v) is 1.89. The van der Waals surface area contributed by atoms with E-state index in [2.05, 4.69) is 17.1 Å². The van der Waals surface area contributed by atoms with Gasteiger partial charge in [0, 0.05) is 29.2 Å². The fraction of sp³-hybridized carbons (Fsp3) is 0.273. The number of para-hydroxylation sites is 1. The molecular weight excluding hydrogens is 174 g/mol. The van der Waals surface area contributed by atoms with Gasteiger partial charge in [-0.1, -0.05) is 18.2 Å². The second-order valence-electron chi connectivity index (χ2n) is 3.55. The number of fused-ring (bicyclic) bond motifs is 1. The molecule has 0 saturated carbocycles. The first-order valence-corrected chi connectivity index (χ1v) is 4.77. The highest BCUT2D eigenvalue weighted by Gasteiger charge is 2.13. The molecule has 0 radical (unpaired) electrons. The second-order valence-corrected chi connectivity index (χ2v) is 3.55. The first-order chi connectivity index (χ1) is 6.74. The number of aromatic nitrogens is 1. The molecule has 0 amide bonds. The van der Waals surface area contributed by atoms with Gasteiger partial charge in [0.15, 0.2) is 0 Å². The summed E-state index contributed by atoms with van der Waals surface area (Å²) in [6.07, 6.45) is 0. The molecule has 1 aromatic carbocycles. The van der Waals surface area contributed by atoms with Gasteiger partial charge in [-0.2, -0.15) is 0 Å². The zero-order valence-corrected chi connectivity index (χ0v) is 8.25. The van der Waals surface area contributed by atoms with Crippen LogP contribution in [0.25, 0.3) is 10.9 Å². The zero-order valence-electron chi connectivity index (χ0n) is 8.25. The third kappa shape index (κ3) is 1.31. The zero-order chi connectivity index (χ0) is 10.1. The Morgan fingerprint density at radius 3 is 2.79 bits per heavy atom. The second kappa shape index (κ2) is 3.44. The van der Waals surface area contributed by atoms with Crippen molar-refractivity contribution in [2.45, 2.75) is 13.0 Å². The van der Waals surface area contributed by atoms with E-state index in [1.807, 2.05) is 19.1 Å². The molecule has 74 valence electrons. The van der Waals surface area contributed by atoms with Gasteiger partial charge in [-0.05, 0) is 18.6 Å². The quantitative estimate of drug-likeness (QED) is 0.669. The van der Waals surface area contributed by atoms with E-state index in [0.29, 0.717) is 6.54 Å². The molecule has 0 aliphatic carbocycles. The predicted octanol–water partition coefficient (Wildman–Crippen LogP) is 1.43. The lowest BCUT2D eigenvalue weighted by Crippen LogP contribution is -2.21. The molecule has 0 aliphatic heterocycles. The van der Waals surface area contributed by atoms with E-state index >= 15 is 0 Å². The highest BCUT2D eigenvalue weighted by molar-refractivity contribution is 5.85. The number of hydrogen-bond donors (Lipinski definition) is 3. The Bertz CT molecular complexity index is 445. The molecule has 0 spiro atoms. The third-order valence-corrected chi connectivity index (χ3v) is 2.57. The maximum atomic E-state index is 5.96. The lowest BCUT2D eigenvalue weighted by molar-refractivity contribution is 0.737. The van der Waals surface area contributed by atoms with Crippen LogP contribution in [0.2, 0.25) is 0 Å². The van der Waals surface area contributed by atoms with Gasteiger partial charge in [-0.3, -0.25) is 0 Å².